The van der Waals surface area contributed by atoms with Crippen molar-refractivity contribution >= 4 is 34.1 Å². The van der Waals surface area contributed by atoms with Crippen LogP contribution in [0.3, 0.4) is 0 Å². The van der Waals surface area contributed by atoms with Crippen LogP contribution in [-0.4, -0.2) is 14.9 Å². The number of rotatable bonds is 4. The monoisotopic (exact) mass is 386 g/mol. The number of nitrogens with zero attached hydrogens (tertiary/aromatic N) is 2. The number of nitro groups is 1. The van der Waals surface area contributed by atoms with Gasteiger partial charge in [0.15, 0.2) is 0 Å². The summed E-state index contributed by atoms with van der Waals surface area (Å²) in [6.45, 7) is 2.06. The Kier molecular flexibility index (Phi) is 4.32. The van der Waals surface area contributed by atoms with Crippen LogP contribution in [0.25, 0.3) is 0 Å². The Morgan fingerprint density at radius 3 is 2.95 bits per heavy atom. The predicted molar refractivity (Wildman–Crippen MR) is 82.7 cm³/mol. The number of nitro benzene ring substituents is 1. The number of aromatic nitrogens is 2. The van der Waals surface area contributed by atoms with Crippen molar-refractivity contribution in [2.75, 3.05) is 5.32 Å². The second-order valence-electron chi connectivity index (χ2n) is 4.07. The third kappa shape index (κ3) is 2.95. The SMILES string of the molecule is Cc1c(CNc2nc[nH]c(=O)c2I)cccc1[N+](=O)[O-]. The zero-order valence-electron chi connectivity index (χ0n) is 10.5. The summed E-state index contributed by atoms with van der Waals surface area (Å²) in [5.74, 6) is 0.459. The van der Waals surface area contributed by atoms with Crippen molar-refractivity contribution in [2.24, 2.45) is 0 Å². The lowest BCUT2D eigenvalue weighted by Gasteiger charge is -2.09. The molecule has 0 fully saturated rings. The molecule has 0 atom stereocenters. The fourth-order valence-corrected chi connectivity index (χ4v) is 2.23. The molecule has 2 rings (SSSR count). The number of hydrogen-bond donors (Lipinski definition) is 2. The zero-order chi connectivity index (χ0) is 14.7. The maximum Gasteiger partial charge on any atom is 0.272 e. The van der Waals surface area contributed by atoms with Crippen LogP contribution < -0.4 is 10.9 Å². The van der Waals surface area contributed by atoms with Crippen LogP contribution in [0.2, 0.25) is 0 Å². The first-order chi connectivity index (χ1) is 9.50. The van der Waals surface area contributed by atoms with E-state index in [-0.39, 0.29) is 11.2 Å². The van der Waals surface area contributed by atoms with E-state index >= 15 is 0 Å². The summed E-state index contributed by atoms with van der Waals surface area (Å²) in [6.07, 6.45) is 1.31. The van der Waals surface area contributed by atoms with Gasteiger partial charge in [-0.05, 0) is 35.1 Å². The minimum atomic E-state index is -0.409. The number of benzene rings is 1. The van der Waals surface area contributed by atoms with Crippen LogP contribution in [0.5, 0.6) is 0 Å². The summed E-state index contributed by atoms with van der Waals surface area (Å²) in [7, 11) is 0. The summed E-state index contributed by atoms with van der Waals surface area (Å²) in [4.78, 5) is 28.4. The molecule has 0 amide bonds. The molecule has 0 aliphatic heterocycles. The van der Waals surface area contributed by atoms with Crippen LogP contribution >= 0.6 is 22.6 Å². The van der Waals surface area contributed by atoms with Crippen LogP contribution in [-0.2, 0) is 6.54 Å². The van der Waals surface area contributed by atoms with Gasteiger partial charge >= 0.3 is 0 Å². The van der Waals surface area contributed by atoms with Crippen molar-refractivity contribution in [2.45, 2.75) is 13.5 Å². The van der Waals surface area contributed by atoms with Crippen LogP contribution in [0, 0.1) is 20.6 Å². The molecule has 0 aliphatic carbocycles. The molecule has 0 bridgehead atoms. The summed E-state index contributed by atoms with van der Waals surface area (Å²) in [6, 6.07) is 4.90. The molecule has 0 saturated carbocycles. The fourth-order valence-electron chi connectivity index (χ4n) is 1.74. The molecule has 0 unspecified atom stereocenters. The molecule has 104 valence electrons. The molecule has 1 aromatic heterocycles. The molecule has 1 heterocycles. The molecule has 8 heteroatoms. The maximum absolute atomic E-state index is 11.4. The number of nitrogens with one attached hydrogen (secondary N) is 2. The molecule has 2 aromatic rings. The summed E-state index contributed by atoms with van der Waals surface area (Å²) in [5.41, 5.74) is 1.25. The Balaban J connectivity index is 2.24. The maximum atomic E-state index is 11.4. The Morgan fingerprint density at radius 2 is 2.25 bits per heavy atom. The highest BCUT2D eigenvalue weighted by Gasteiger charge is 2.13. The number of hydrogen-bond acceptors (Lipinski definition) is 5. The minimum Gasteiger partial charge on any atom is -0.365 e. The standard InChI is InChI=1S/C12H11IN4O3/c1-7-8(3-2-4-9(7)17(19)20)5-14-11-10(13)12(18)16-6-15-11/h2-4,6H,5H2,1H3,(H2,14,15,16,18). The summed E-state index contributed by atoms with van der Waals surface area (Å²) >= 11 is 1.90. The van der Waals surface area contributed by atoms with Gasteiger partial charge in [-0.1, -0.05) is 12.1 Å². The Bertz CT molecular complexity index is 714. The van der Waals surface area contributed by atoms with Gasteiger partial charge in [0, 0.05) is 18.2 Å². The van der Waals surface area contributed by atoms with E-state index in [0.29, 0.717) is 21.5 Å². The highest BCUT2D eigenvalue weighted by molar-refractivity contribution is 14.1. The largest absolute Gasteiger partial charge is 0.365 e. The molecule has 0 spiro atoms. The number of aromatic amines is 1. The molecule has 20 heavy (non-hydrogen) atoms. The molecule has 0 radical (unpaired) electrons. The van der Waals surface area contributed by atoms with Gasteiger partial charge in [0.1, 0.15) is 9.39 Å². The lowest BCUT2D eigenvalue weighted by molar-refractivity contribution is -0.385. The van der Waals surface area contributed by atoms with Crippen molar-refractivity contribution in [1.82, 2.24) is 9.97 Å². The van der Waals surface area contributed by atoms with Gasteiger partial charge < -0.3 is 10.3 Å². The third-order valence-electron chi connectivity index (χ3n) is 2.86. The highest BCUT2D eigenvalue weighted by Crippen LogP contribution is 2.22. The molecular weight excluding hydrogens is 375 g/mol. The topological polar surface area (TPSA) is 101 Å². The lowest BCUT2D eigenvalue weighted by atomic mass is 10.1. The number of H-pyrrole nitrogens is 1. The van der Waals surface area contributed by atoms with Crippen LogP contribution in [0.1, 0.15) is 11.1 Å². The van der Waals surface area contributed by atoms with Gasteiger partial charge in [-0.25, -0.2) is 4.98 Å². The second-order valence-corrected chi connectivity index (χ2v) is 5.14. The van der Waals surface area contributed by atoms with Gasteiger partial charge in [0.25, 0.3) is 11.2 Å². The fraction of sp³-hybridized carbons (Fsp3) is 0.167. The van der Waals surface area contributed by atoms with E-state index in [1.165, 1.54) is 12.4 Å². The predicted octanol–water partition coefficient (Wildman–Crippen LogP) is 2.20. The van der Waals surface area contributed by atoms with Gasteiger partial charge in [0.2, 0.25) is 0 Å². The van der Waals surface area contributed by atoms with Crippen LogP contribution in [0.4, 0.5) is 11.5 Å². The van der Waals surface area contributed by atoms with E-state index < -0.39 is 4.92 Å². The quantitative estimate of drug-likeness (QED) is 0.477. The second kappa shape index (κ2) is 5.99. The molecule has 0 aliphatic rings. The van der Waals surface area contributed by atoms with E-state index in [1.807, 2.05) is 22.6 Å². The van der Waals surface area contributed by atoms with Crippen molar-refractivity contribution in [3.05, 3.63) is 59.7 Å². The van der Waals surface area contributed by atoms with Gasteiger partial charge in [-0.15, -0.1) is 0 Å². The van der Waals surface area contributed by atoms with Crippen molar-refractivity contribution in [1.29, 1.82) is 0 Å². The lowest BCUT2D eigenvalue weighted by Crippen LogP contribution is -2.15. The molecule has 2 N–H and O–H groups in total. The van der Waals surface area contributed by atoms with Gasteiger partial charge in [0.05, 0.1) is 11.3 Å². The number of anilines is 1. The smallest absolute Gasteiger partial charge is 0.272 e. The van der Waals surface area contributed by atoms with Crippen molar-refractivity contribution in [3.63, 3.8) is 0 Å². The molecule has 7 nitrogen and oxygen atoms in total. The first kappa shape index (κ1) is 14.4. The van der Waals surface area contributed by atoms with Gasteiger partial charge in [-0.2, -0.15) is 0 Å². The van der Waals surface area contributed by atoms with E-state index in [4.69, 9.17) is 0 Å². The average molecular weight is 386 g/mol. The Labute approximate surface area is 127 Å². The van der Waals surface area contributed by atoms with Gasteiger partial charge in [-0.3, -0.25) is 14.9 Å². The molecule has 1 aromatic carbocycles. The first-order valence-corrected chi connectivity index (χ1v) is 6.78. The van der Waals surface area contributed by atoms with E-state index in [1.54, 1.807) is 19.1 Å². The van der Waals surface area contributed by atoms with Crippen LogP contribution in [0.15, 0.2) is 29.3 Å². The van der Waals surface area contributed by atoms with E-state index in [9.17, 15) is 14.9 Å². The molecular formula is C12H11IN4O3. The third-order valence-corrected chi connectivity index (χ3v) is 3.86. The van der Waals surface area contributed by atoms with Crippen molar-refractivity contribution < 1.29 is 4.92 Å². The zero-order valence-corrected chi connectivity index (χ0v) is 12.7. The average Bonchev–Trinajstić information content (AvgIpc) is 2.41. The number of halogens is 1. The Morgan fingerprint density at radius 1 is 1.50 bits per heavy atom. The highest BCUT2D eigenvalue weighted by atomic mass is 127. The Hall–Kier alpha value is -1.97. The first-order valence-electron chi connectivity index (χ1n) is 5.70. The summed E-state index contributed by atoms with van der Waals surface area (Å²) < 4.78 is 0.452. The summed E-state index contributed by atoms with van der Waals surface area (Å²) in [5, 5.41) is 13.9. The van der Waals surface area contributed by atoms with E-state index in [0.717, 1.165) is 5.56 Å². The normalized spacial score (nSPS) is 10.3. The molecule has 0 saturated heterocycles. The van der Waals surface area contributed by atoms with Crippen molar-refractivity contribution in [3.8, 4) is 0 Å². The van der Waals surface area contributed by atoms with E-state index in [2.05, 4.69) is 15.3 Å². The minimum absolute atomic E-state index is 0.0814.